The van der Waals surface area contributed by atoms with Crippen LogP contribution in [0.2, 0.25) is 0 Å². The number of anilines is 1. The first-order valence-corrected chi connectivity index (χ1v) is 8.79. The number of benzene rings is 1. The Morgan fingerprint density at radius 2 is 1.85 bits per heavy atom. The molecule has 1 aliphatic rings. The molecule has 0 aliphatic carbocycles. The number of amides is 1. The Morgan fingerprint density at radius 1 is 1.26 bits per heavy atom. The summed E-state index contributed by atoms with van der Waals surface area (Å²) in [5.41, 5.74) is 1.56. The van der Waals surface area contributed by atoms with Crippen molar-refractivity contribution in [2.45, 2.75) is 26.1 Å². The van der Waals surface area contributed by atoms with Gasteiger partial charge in [0, 0.05) is 32.9 Å². The van der Waals surface area contributed by atoms with E-state index < -0.39 is 12.6 Å². The molecule has 7 heteroatoms. The van der Waals surface area contributed by atoms with E-state index in [1.807, 2.05) is 63.2 Å². The van der Waals surface area contributed by atoms with Crippen LogP contribution in [-0.4, -0.2) is 62.8 Å². The zero-order chi connectivity index (χ0) is 20.0. The van der Waals surface area contributed by atoms with Crippen LogP contribution in [0.1, 0.15) is 19.4 Å². The minimum Gasteiger partial charge on any atom is -0.451 e. The van der Waals surface area contributed by atoms with Crippen molar-refractivity contribution in [3.63, 3.8) is 0 Å². The second-order valence-corrected chi connectivity index (χ2v) is 6.79. The number of ether oxygens (including phenoxy) is 2. The molecule has 0 radical (unpaired) electrons. The van der Waals surface area contributed by atoms with Gasteiger partial charge in [0.25, 0.3) is 5.91 Å². The van der Waals surface area contributed by atoms with Crippen molar-refractivity contribution in [1.29, 1.82) is 5.26 Å². The molecule has 1 saturated heterocycles. The van der Waals surface area contributed by atoms with Gasteiger partial charge >= 0.3 is 5.97 Å². The van der Waals surface area contributed by atoms with Crippen LogP contribution >= 0.6 is 0 Å². The number of carbonyl (C=O) groups is 2. The molecule has 0 aromatic heterocycles. The maximum atomic E-state index is 12.3. The number of esters is 1. The maximum absolute atomic E-state index is 12.3. The van der Waals surface area contributed by atoms with E-state index in [9.17, 15) is 14.9 Å². The Balaban J connectivity index is 1.96. The summed E-state index contributed by atoms with van der Waals surface area (Å²) >= 11 is 0. The maximum Gasteiger partial charge on any atom is 0.349 e. The lowest BCUT2D eigenvalue weighted by atomic mass is 10.1. The predicted molar refractivity (Wildman–Crippen MR) is 102 cm³/mol. The summed E-state index contributed by atoms with van der Waals surface area (Å²) < 4.78 is 10.6. The van der Waals surface area contributed by atoms with Crippen LogP contribution in [-0.2, 0) is 19.1 Å². The van der Waals surface area contributed by atoms with Gasteiger partial charge in [-0.1, -0.05) is 12.1 Å². The summed E-state index contributed by atoms with van der Waals surface area (Å²) in [4.78, 5) is 28.0. The molecule has 0 N–H and O–H groups in total. The molecule has 7 nitrogen and oxygen atoms in total. The fourth-order valence-electron chi connectivity index (χ4n) is 2.85. The van der Waals surface area contributed by atoms with E-state index in [0.717, 1.165) is 5.69 Å². The molecule has 27 heavy (non-hydrogen) atoms. The Hall–Kier alpha value is -2.85. The molecule has 2 rings (SSSR count). The quantitative estimate of drug-likeness (QED) is 0.446. The standard InChI is InChI=1S/C20H25N3O4/c1-14-11-23(12-15(2)27-14)19(24)13-26-20(25)17(10-21)9-16-5-7-18(8-6-16)22(3)4/h5-9,14-15H,11-13H2,1-4H3/b17-9+/t14-,15-/m1/s1. The highest BCUT2D eigenvalue weighted by Crippen LogP contribution is 2.15. The van der Waals surface area contributed by atoms with Gasteiger partial charge in [-0.25, -0.2) is 4.79 Å². The van der Waals surface area contributed by atoms with Gasteiger partial charge in [-0.15, -0.1) is 0 Å². The zero-order valence-corrected chi connectivity index (χ0v) is 16.1. The van der Waals surface area contributed by atoms with Gasteiger partial charge in [0.1, 0.15) is 11.6 Å². The van der Waals surface area contributed by atoms with Gasteiger partial charge in [0.15, 0.2) is 6.61 Å². The number of hydrogen-bond donors (Lipinski definition) is 0. The second kappa shape index (κ2) is 9.19. The third-order valence-corrected chi connectivity index (χ3v) is 4.16. The van der Waals surface area contributed by atoms with E-state index >= 15 is 0 Å². The van der Waals surface area contributed by atoms with Gasteiger partial charge in [-0.3, -0.25) is 4.79 Å². The van der Waals surface area contributed by atoms with Crippen molar-refractivity contribution in [3.05, 3.63) is 35.4 Å². The average Bonchev–Trinajstić information content (AvgIpc) is 2.63. The molecule has 1 fully saturated rings. The van der Waals surface area contributed by atoms with E-state index in [2.05, 4.69) is 0 Å². The van der Waals surface area contributed by atoms with Crippen LogP contribution in [0.3, 0.4) is 0 Å². The van der Waals surface area contributed by atoms with Crippen LogP contribution in [0.4, 0.5) is 5.69 Å². The van der Waals surface area contributed by atoms with Crippen molar-refractivity contribution in [2.24, 2.45) is 0 Å². The normalized spacial score (nSPS) is 20.0. The molecule has 1 heterocycles. The average molecular weight is 371 g/mol. The van der Waals surface area contributed by atoms with Gasteiger partial charge in [-0.2, -0.15) is 5.26 Å². The van der Waals surface area contributed by atoms with Crippen molar-refractivity contribution < 1.29 is 19.1 Å². The zero-order valence-electron chi connectivity index (χ0n) is 16.1. The number of rotatable bonds is 5. The summed E-state index contributed by atoms with van der Waals surface area (Å²) in [5.74, 6) is -1.10. The van der Waals surface area contributed by atoms with Crippen LogP contribution < -0.4 is 4.90 Å². The summed E-state index contributed by atoms with van der Waals surface area (Å²) in [5, 5.41) is 9.24. The Bertz CT molecular complexity index is 739. The molecule has 0 unspecified atom stereocenters. The van der Waals surface area contributed by atoms with Crippen molar-refractivity contribution in [1.82, 2.24) is 4.90 Å². The topological polar surface area (TPSA) is 82.9 Å². The van der Waals surface area contributed by atoms with E-state index in [1.165, 1.54) is 6.08 Å². The highest BCUT2D eigenvalue weighted by Gasteiger charge is 2.26. The Morgan fingerprint density at radius 3 is 2.37 bits per heavy atom. The molecule has 144 valence electrons. The van der Waals surface area contributed by atoms with Crippen LogP contribution in [0.25, 0.3) is 6.08 Å². The van der Waals surface area contributed by atoms with E-state index in [0.29, 0.717) is 18.7 Å². The van der Waals surface area contributed by atoms with Crippen LogP contribution in [0.15, 0.2) is 29.8 Å². The number of nitrogens with zero attached hydrogens (tertiary/aromatic N) is 3. The minimum absolute atomic E-state index is 0.0619. The first-order chi connectivity index (χ1) is 12.8. The monoisotopic (exact) mass is 371 g/mol. The molecule has 0 saturated carbocycles. The largest absolute Gasteiger partial charge is 0.451 e. The second-order valence-electron chi connectivity index (χ2n) is 6.79. The lowest BCUT2D eigenvalue weighted by Gasteiger charge is -2.35. The molecular formula is C20H25N3O4. The fraction of sp³-hybridized carbons (Fsp3) is 0.450. The fourth-order valence-corrected chi connectivity index (χ4v) is 2.85. The van der Waals surface area contributed by atoms with Crippen LogP contribution in [0, 0.1) is 11.3 Å². The first-order valence-electron chi connectivity index (χ1n) is 8.79. The number of nitriles is 1. The van der Waals surface area contributed by atoms with Gasteiger partial charge in [0.2, 0.25) is 0 Å². The third kappa shape index (κ3) is 5.83. The minimum atomic E-state index is -0.808. The van der Waals surface area contributed by atoms with Crippen LogP contribution in [0.5, 0.6) is 0 Å². The molecule has 1 amide bonds. The molecule has 2 atom stereocenters. The smallest absolute Gasteiger partial charge is 0.349 e. The SMILES string of the molecule is C[C@@H]1CN(C(=O)COC(=O)/C(C#N)=C/c2ccc(N(C)C)cc2)C[C@@H](C)O1. The molecule has 1 aliphatic heterocycles. The third-order valence-electron chi connectivity index (χ3n) is 4.16. The summed E-state index contributed by atoms with van der Waals surface area (Å²) in [6.45, 7) is 4.30. The van der Waals surface area contributed by atoms with E-state index in [-0.39, 0.29) is 23.7 Å². The lowest BCUT2D eigenvalue weighted by molar-refractivity contribution is -0.154. The molecule has 0 spiro atoms. The number of morpholine rings is 1. The van der Waals surface area contributed by atoms with Crippen molar-refractivity contribution in [2.75, 3.05) is 38.7 Å². The van der Waals surface area contributed by atoms with Gasteiger partial charge in [-0.05, 0) is 37.6 Å². The lowest BCUT2D eigenvalue weighted by Crippen LogP contribution is -2.49. The highest BCUT2D eigenvalue weighted by molar-refractivity contribution is 5.98. The van der Waals surface area contributed by atoms with Gasteiger partial charge < -0.3 is 19.3 Å². The number of hydrogen-bond acceptors (Lipinski definition) is 6. The first kappa shape index (κ1) is 20.5. The van der Waals surface area contributed by atoms with E-state index in [4.69, 9.17) is 9.47 Å². The predicted octanol–water partition coefficient (Wildman–Crippen LogP) is 1.84. The molecular weight excluding hydrogens is 346 g/mol. The summed E-state index contributed by atoms with van der Waals surface area (Å²) in [6.07, 6.45) is 1.33. The number of carbonyl (C=O) groups excluding carboxylic acids is 2. The highest BCUT2D eigenvalue weighted by atomic mass is 16.5. The van der Waals surface area contributed by atoms with E-state index in [1.54, 1.807) is 4.90 Å². The summed E-state index contributed by atoms with van der Waals surface area (Å²) in [7, 11) is 3.85. The molecule has 0 bridgehead atoms. The van der Waals surface area contributed by atoms with Crippen molar-refractivity contribution >= 4 is 23.6 Å². The summed E-state index contributed by atoms with van der Waals surface area (Å²) in [6, 6.07) is 9.22. The van der Waals surface area contributed by atoms with Crippen molar-refractivity contribution in [3.8, 4) is 6.07 Å². The molecule has 1 aromatic carbocycles. The van der Waals surface area contributed by atoms with Gasteiger partial charge in [0.05, 0.1) is 12.2 Å². The molecule has 1 aromatic rings. The Kier molecular flexibility index (Phi) is 6.97. The Labute approximate surface area is 159 Å².